The summed E-state index contributed by atoms with van der Waals surface area (Å²) >= 11 is 4.10. The molecule has 2 amide bonds. The SMILES string of the molecule is CCOC(=O)[C@@H](C)N1C(=O)S/C(=C/c2cc(OC)c(OCC(=O)OC)cc2Br)C1=O. The Bertz CT molecular complexity index is 901. The molecule has 0 N–H and O–H groups in total. The predicted molar refractivity (Wildman–Crippen MR) is 112 cm³/mol. The van der Waals surface area contributed by atoms with Gasteiger partial charge in [-0.25, -0.2) is 9.59 Å². The third kappa shape index (κ3) is 5.33. The second kappa shape index (κ2) is 10.5. The number of esters is 2. The predicted octanol–water partition coefficient (Wildman–Crippen LogP) is 3.00. The zero-order chi connectivity index (χ0) is 22.4. The Morgan fingerprint density at radius 1 is 1.23 bits per heavy atom. The number of nitrogens with zero attached hydrogens (tertiary/aromatic N) is 1. The van der Waals surface area contributed by atoms with E-state index >= 15 is 0 Å². The maximum atomic E-state index is 12.7. The number of methoxy groups -OCH3 is 2. The standard InChI is InChI=1S/C19H20BrNO8S/c1-5-28-18(24)10(2)21-17(23)15(30-19(21)25)7-11-6-13(26-3)14(8-12(11)20)29-9-16(22)27-4/h6-8,10H,5,9H2,1-4H3/b15-7+/t10-/m1/s1. The summed E-state index contributed by atoms with van der Waals surface area (Å²) in [5.74, 6) is -1.21. The van der Waals surface area contributed by atoms with Crippen LogP contribution in [0.5, 0.6) is 11.5 Å². The van der Waals surface area contributed by atoms with Crippen molar-refractivity contribution in [3.05, 3.63) is 27.1 Å². The lowest BCUT2D eigenvalue weighted by Gasteiger charge is -2.19. The van der Waals surface area contributed by atoms with Crippen molar-refractivity contribution in [2.24, 2.45) is 0 Å². The number of ether oxygens (including phenoxy) is 4. The van der Waals surface area contributed by atoms with Gasteiger partial charge in [-0.2, -0.15) is 0 Å². The molecule has 162 valence electrons. The van der Waals surface area contributed by atoms with Gasteiger partial charge in [0.25, 0.3) is 11.1 Å². The first-order valence-electron chi connectivity index (χ1n) is 8.74. The molecule has 1 aromatic rings. The Hall–Kier alpha value is -2.53. The van der Waals surface area contributed by atoms with Gasteiger partial charge in [0.1, 0.15) is 6.04 Å². The third-order valence-corrected chi connectivity index (χ3v) is 5.55. The van der Waals surface area contributed by atoms with Crippen LogP contribution in [0.15, 0.2) is 21.5 Å². The van der Waals surface area contributed by atoms with E-state index in [1.165, 1.54) is 27.2 Å². The van der Waals surface area contributed by atoms with Crippen LogP contribution in [-0.2, 0) is 23.9 Å². The highest BCUT2D eigenvalue weighted by molar-refractivity contribution is 9.10. The fourth-order valence-electron chi connectivity index (χ4n) is 2.45. The normalized spacial score (nSPS) is 15.9. The summed E-state index contributed by atoms with van der Waals surface area (Å²) in [6, 6.07) is 2.12. The third-order valence-electron chi connectivity index (χ3n) is 3.98. The highest BCUT2D eigenvalue weighted by atomic mass is 79.9. The van der Waals surface area contributed by atoms with E-state index in [2.05, 4.69) is 20.7 Å². The number of hydrogen-bond donors (Lipinski definition) is 0. The Balaban J connectivity index is 2.29. The first-order valence-corrected chi connectivity index (χ1v) is 10.3. The molecule has 0 aromatic heterocycles. The number of benzene rings is 1. The highest BCUT2D eigenvalue weighted by Gasteiger charge is 2.41. The number of halogens is 1. The van der Waals surface area contributed by atoms with Crippen LogP contribution >= 0.6 is 27.7 Å². The molecule has 1 aliphatic heterocycles. The molecule has 1 fully saturated rings. The summed E-state index contributed by atoms with van der Waals surface area (Å²) in [6.07, 6.45) is 1.50. The van der Waals surface area contributed by atoms with Crippen molar-refractivity contribution >= 4 is 56.9 Å². The maximum Gasteiger partial charge on any atom is 0.343 e. The number of hydrogen-bond acceptors (Lipinski definition) is 9. The van der Waals surface area contributed by atoms with Crippen molar-refractivity contribution < 1.29 is 38.1 Å². The minimum atomic E-state index is -1.03. The van der Waals surface area contributed by atoms with Crippen molar-refractivity contribution in [1.29, 1.82) is 0 Å². The molecule has 0 aliphatic carbocycles. The zero-order valence-electron chi connectivity index (χ0n) is 16.7. The van der Waals surface area contributed by atoms with E-state index in [1.807, 2.05) is 0 Å². The number of carbonyl (C=O) groups excluding carboxylic acids is 4. The summed E-state index contributed by atoms with van der Waals surface area (Å²) in [5, 5.41) is -0.562. The lowest BCUT2D eigenvalue weighted by molar-refractivity contribution is -0.150. The number of thioether (sulfide) groups is 1. The fourth-order valence-corrected chi connectivity index (χ4v) is 3.79. The van der Waals surface area contributed by atoms with Gasteiger partial charge >= 0.3 is 11.9 Å². The molecule has 0 radical (unpaired) electrons. The highest BCUT2D eigenvalue weighted by Crippen LogP contribution is 2.38. The van der Waals surface area contributed by atoms with Gasteiger partial charge in [-0.05, 0) is 49.4 Å². The van der Waals surface area contributed by atoms with Crippen molar-refractivity contribution in [3.63, 3.8) is 0 Å². The van der Waals surface area contributed by atoms with Crippen LogP contribution in [0.25, 0.3) is 6.08 Å². The number of carbonyl (C=O) groups is 4. The van der Waals surface area contributed by atoms with E-state index in [0.29, 0.717) is 15.8 Å². The molecule has 1 heterocycles. The molecule has 0 spiro atoms. The number of imide groups is 1. The van der Waals surface area contributed by atoms with Crippen LogP contribution < -0.4 is 9.47 Å². The smallest absolute Gasteiger partial charge is 0.343 e. The van der Waals surface area contributed by atoms with Gasteiger partial charge in [0.2, 0.25) is 0 Å². The van der Waals surface area contributed by atoms with Gasteiger partial charge in [-0.15, -0.1) is 0 Å². The topological polar surface area (TPSA) is 108 Å². The van der Waals surface area contributed by atoms with Gasteiger partial charge in [0, 0.05) is 4.47 Å². The molecule has 9 nitrogen and oxygen atoms in total. The lowest BCUT2D eigenvalue weighted by Crippen LogP contribution is -2.42. The maximum absolute atomic E-state index is 12.7. The summed E-state index contributed by atoms with van der Waals surface area (Å²) in [7, 11) is 2.67. The van der Waals surface area contributed by atoms with E-state index in [0.717, 1.165) is 16.7 Å². The van der Waals surface area contributed by atoms with Gasteiger partial charge in [0.05, 0.1) is 25.7 Å². The molecule has 1 atom stereocenters. The average molecular weight is 502 g/mol. The molecule has 2 rings (SSSR count). The molecule has 1 aromatic carbocycles. The monoisotopic (exact) mass is 501 g/mol. The minimum absolute atomic E-state index is 0.141. The van der Waals surface area contributed by atoms with Crippen LogP contribution in [0.3, 0.4) is 0 Å². The van der Waals surface area contributed by atoms with Crippen LogP contribution in [0.1, 0.15) is 19.4 Å². The first-order chi connectivity index (χ1) is 14.2. The average Bonchev–Trinajstić information content (AvgIpc) is 3.00. The second-order valence-corrected chi connectivity index (χ2v) is 7.72. The molecule has 1 aliphatic rings. The quantitative estimate of drug-likeness (QED) is 0.392. The summed E-state index contributed by atoms with van der Waals surface area (Å²) in [5.41, 5.74) is 0.534. The van der Waals surface area contributed by atoms with Crippen molar-refractivity contribution in [1.82, 2.24) is 4.90 Å². The molecule has 1 saturated heterocycles. The van der Waals surface area contributed by atoms with E-state index in [1.54, 1.807) is 19.1 Å². The molecule has 0 unspecified atom stereocenters. The van der Waals surface area contributed by atoms with E-state index in [-0.39, 0.29) is 23.9 Å². The van der Waals surface area contributed by atoms with E-state index in [4.69, 9.17) is 14.2 Å². The van der Waals surface area contributed by atoms with Crippen molar-refractivity contribution in [2.45, 2.75) is 19.9 Å². The largest absolute Gasteiger partial charge is 0.493 e. The Morgan fingerprint density at radius 3 is 2.53 bits per heavy atom. The Labute approximate surface area is 185 Å². The fraction of sp³-hybridized carbons (Fsp3) is 0.368. The Morgan fingerprint density at radius 2 is 1.93 bits per heavy atom. The molecule has 30 heavy (non-hydrogen) atoms. The number of amides is 2. The second-order valence-electron chi connectivity index (χ2n) is 5.87. The van der Waals surface area contributed by atoms with Crippen LogP contribution in [0.4, 0.5) is 4.79 Å². The first kappa shape index (κ1) is 23.7. The molecular formula is C19H20BrNO8S. The minimum Gasteiger partial charge on any atom is -0.493 e. The van der Waals surface area contributed by atoms with E-state index in [9.17, 15) is 19.2 Å². The molecule has 11 heteroatoms. The van der Waals surface area contributed by atoms with Gasteiger partial charge in [-0.3, -0.25) is 14.5 Å². The van der Waals surface area contributed by atoms with Crippen molar-refractivity contribution in [2.75, 3.05) is 27.4 Å². The van der Waals surface area contributed by atoms with Crippen LogP contribution in [0.2, 0.25) is 0 Å². The zero-order valence-corrected chi connectivity index (χ0v) is 19.1. The van der Waals surface area contributed by atoms with Gasteiger partial charge in [0.15, 0.2) is 18.1 Å². The summed E-state index contributed by atoms with van der Waals surface area (Å²) in [6.45, 7) is 2.92. The molecular weight excluding hydrogens is 482 g/mol. The lowest BCUT2D eigenvalue weighted by atomic mass is 10.1. The molecule has 0 bridgehead atoms. The van der Waals surface area contributed by atoms with Crippen molar-refractivity contribution in [3.8, 4) is 11.5 Å². The Kier molecular flexibility index (Phi) is 8.30. The van der Waals surface area contributed by atoms with E-state index < -0.39 is 29.1 Å². The number of rotatable bonds is 8. The summed E-state index contributed by atoms with van der Waals surface area (Å²) < 4.78 is 20.6. The van der Waals surface area contributed by atoms with Crippen LogP contribution in [0, 0.1) is 0 Å². The summed E-state index contributed by atoms with van der Waals surface area (Å²) in [4.78, 5) is 49.2. The molecule has 0 saturated carbocycles. The van der Waals surface area contributed by atoms with Crippen LogP contribution in [-0.4, -0.2) is 61.5 Å². The van der Waals surface area contributed by atoms with Gasteiger partial charge in [-0.1, -0.05) is 15.9 Å². The van der Waals surface area contributed by atoms with Gasteiger partial charge < -0.3 is 18.9 Å².